The van der Waals surface area contributed by atoms with Gasteiger partial charge in [-0.25, -0.2) is 0 Å². The van der Waals surface area contributed by atoms with Gasteiger partial charge in [0.05, 0.1) is 6.61 Å². The summed E-state index contributed by atoms with van der Waals surface area (Å²) in [5.41, 5.74) is 2.90. The summed E-state index contributed by atoms with van der Waals surface area (Å²) in [5, 5.41) is 13.0. The van der Waals surface area contributed by atoms with Gasteiger partial charge in [0.1, 0.15) is 0 Å². The Hall–Kier alpha value is -0.860. The van der Waals surface area contributed by atoms with E-state index in [0.29, 0.717) is 12.0 Å². The molecule has 0 fully saturated rings. The van der Waals surface area contributed by atoms with Gasteiger partial charge in [0, 0.05) is 12.1 Å². The highest BCUT2D eigenvalue weighted by molar-refractivity contribution is 5.32. The minimum atomic E-state index is 0.200. The molecule has 2 unspecified atom stereocenters. The van der Waals surface area contributed by atoms with Crippen molar-refractivity contribution in [2.45, 2.75) is 45.2 Å². The van der Waals surface area contributed by atoms with Gasteiger partial charge < -0.3 is 10.4 Å². The number of aryl methyl sites for hydroxylation is 1. The Bertz CT molecular complexity index is 362. The van der Waals surface area contributed by atoms with Gasteiger partial charge in [0.15, 0.2) is 0 Å². The van der Waals surface area contributed by atoms with E-state index in [1.54, 1.807) is 0 Å². The SMILES string of the molecule is CC(C)C(CO)NC1CCCc2ccccc21. The van der Waals surface area contributed by atoms with E-state index in [1.807, 2.05) is 0 Å². The molecule has 0 saturated heterocycles. The maximum absolute atomic E-state index is 9.41. The van der Waals surface area contributed by atoms with Gasteiger partial charge in [0.25, 0.3) is 0 Å². The van der Waals surface area contributed by atoms with E-state index in [9.17, 15) is 5.11 Å². The lowest BCUT2D eigenvalue weighted by molar-refractivity contribution is 0.195. The lowest BCUT2D eigenvalue weighted by Crippen LogP contribution is -2.40. The molecule has 1 aromatic carbocycles. The zero-order valence-corrected chi connectivity index (χ0v) is 10.8. The molecule has 2 rings (SSSR count). The van der Waals surface area contributed by atoms with Gasteiger partial charge in [-0.15, -0.1) is 0 Å². The van der Waals surface area contributed by atoms with E-state index in [-0.39, 0.29) is 12.6 Å². The van der Waals surface area contributed by atoms with E-state index in [4.69, 9.17) is 0 Å². The molecule has 0 bridgehead atoms. The summed E-state index contributed by atoms with van der Waals surface area (Å²) >= 11 is 0. The van der Waals surface area contributed by atoms with Crippen molar-refractivity contribution in [1.29, 1.82) is 0 Å². The normalized spacial score (nSPS) is 21.3. The first-order chi connectivity index (χ1) is 8.22. The molecule has 2 heteroatoms. The minimum Gasteiger partial charge on any atom is -0.395 e. The molecule has 2 N–H and O–H groups in total. The Morgan fingerprint density at radius 1 is 1.35 bits per heavy atom. The lowest BCUT2D eigenvalue weighted by Gasteiger charge is -2.31. The van der Waals surface area contributed by atoms with Crippen LogP contribution in [0.25, 0.3) is 0 Å². The average Bonchev–Trinajstić information content (AvgIpc) is 2.35. The molecule has 17 heavy (non-hydrogen) atoms. The number of hydrogen-bond acceptors (Lipinski definition) is 2. The van der Waals surface area contributed by atoms with Crippen LogP contribution in [0.15, 0.2) is 24.3 Å². The van der Waals surface area contributed by atoms with Crippen LogP contribution < -0.4 is 5.32 Å². The van der Waals surface area contributed by atoms with Crippen LogP contribution in [-0.4, -0.2) is 17.8 Å². The molecule has 0 amide bonds. The first kappa shape index (κ1) is 12.6. The van der Waals surface area contributed by atoms with Crippen LogP contribution in [0.2, 0.25) is 0 Å². The number of aliphatic hydroxyl groups excluding tert-OH is 1. The van der Waals surface area contributed by atoms with E-state index < -0.39 is 0 Å². The van der Waals surface area contributed by atoms with Crippen molar-refractivity contribution in [3.63, 3.8) is 0 Å². The molecule has 0 radical (unpaired) electrons. The van der Waals surface area contributed by atoms with E-state index in [2.05, 4.69) is 43.4 Å². The number of benzene rings is 1. The standard InChI is InChI=1S/C15H23NO/c1-11(2)15(10-17)16-14-9-5-7-12-6-3-4-8-13(12)14/h3-4,6,8,11,14-17H,5,7,9-10H2,1-2H3. The lowest BCUT2D eigenvalue weighted by atomic mass is 9.87. The van der Waals surface area contributed by atoms with Gasteiger partial charge in [0.2, 0.25) is 0 Å². The quantitative estimate of drug-likeness (QED) is 0.838. The fourth-order valence-electron chi connectivity index (χ4n) is 2.64. The van der Waals surface area contributed by atoms with Crippen LogP contribution in [0, 0.1) is 5.92 Å². The third-order valence-electron chi connectivity index (χ3n) is 3.79. The van der Waals surface area contributed by atoms with E-state index in [0.717, 1.165) is 0 Å². The highest BCUT2D eigenvalue weighted by Crippen LogP contribution is 2.30. The van der Waals surface area contributed by atoms with Crippen LogP contribution >= 0.6 is 0 Å². The number of fused-ring (bicyclic) bond motifs is 1. The third kappa shape index (κ3) is 2.88. The van der Waals surface area contributed by atoms with Crippen molar-refractivity contribution < 1.29 is 5.11 Å². The summed E-state index contributed by atoms with van der Waals surface area (Å²) in [6, 6.07) is 9.30. The number of aliphatic hydroxyl groups is 1. The molecule has 1 aliphatic rings. The van der Waals surface area contributed by atoms with Crippen LogP contribution in [0.1, 0.15) is 43.9 Å². The van der Waals surface area contributed by atoms with Crippen LogP contribution in [0.5, 0.6) is 0 Å². The fourth-order valence-corrected chi connectivity index (χ4v) is 2.64. The van der Waals surface area contributed by atoms with Gasteiger partial charge in [-0.1, -0.05) is 38.1 Å². The number of rotatable bonds is 4. The Morgan fingerprint density at radius 3 is 2.82 bits per heavy atom. The Morgan fingerprint density at radius 2 is 2.12 bits per heavy atom. The molecule has 94 valence electrons. The molecular weight excluding hydrogens is 210 g/mol. The predicted octanol–water partition coefficient (Wildman–Crippen LogP) is 2.67. The Labute approximate surface area is 104 Å². The average molecular weight is 233 g/mol. The molecule has 2 nitrogen and oxygen atoms in total. The Kier molecular flexibility index (Phi) is 4.19. The van der Waals surface area contributed by atoms with Crippen molar-refractivity contribution in [2.75, 3.05) is 6.61 Å². The van der Waals surface area contributed by atoms with Crippen molar-refractivity contribution in [3.05, 3.63) is 35.4 Å². The van der Waals surface area contributed by atoms with Crippen LogP contribution in [0.3, 0.4) is 0 Å². The summed E-state index contributed by atoms with van der Waals surface area (Å²) in [6.07, 6.45) is 3.62. The highest BCUT2D eigenvalue weighted by atomic mass is 16.3. The second-order valence-electron chi connectivity index (χ2n) is 5.34. The van der Waals surface area contributed by atoms with Crippen molar-refractivity contribution in [1.82, 2.24) is 5.32 Å². The monoisotopic (exact) mass is 233 g/mol. The summed E-state index contributed by atoms with van der Waals surface area (Å²) in [7, 11) is 0. The zero-order chi connectivity index (χ0) is 12.3. The summed E-state index contributed by atoms with van der Waals surface area (Å²) in [5.74, 6) is 0.467. The topological polar surface area (TPSA) is 32.3 Å². The maximum atomic E-state index is 9.41. The van der Waals surface area contributed by atoms with Crippen molar-refractivity contribution in [2.24, 2.45) is 5.92 Å². The number of hydrogen-bond donors (Lipinski definition) is 2. The van der Waals surface area contributed by atoms with Crippen molar-refractivity contribution in [3.8, 4) is 0 Å². The first-order valence-corrected chi connectivity index (χ1v) is 6.67. The second-order valence-corrected chi connectivity index (χ2v) is 5.34. The maximum Gasteiger partial charge on any atom is 0.0587 e. The summed E-state index contributed by atoms with van der Waals surface area (Å²) in [6.45, 7) is 4.53. The molecular formula is C15H23NO. The number of nitrogens with one attached hydrogen (secondary N) is 1. The minimum absolute atomic E-state index is 0.200. The molecule has 1 aromatic rings. The molecule has 0 spiro atoms. The smallest absolute Gasteiger partial charge is 0.0587 e. The van der Waals surface area contributed by atoms with Crippen LogP contribution in [-0.2, 0) is 6.42 Å². The molecule has 2 atom stereocenters. The molecule has 0 aliphatic heterocycles. The van der Waals surface area contributed by atoms with Crippen molar-refractivity contribution >= 4 is 0 Å². The van der Waals surface area contributed by atoms with E-state index in [1.165, 1.54) is 30.4 Å². The summed E-state index contributed by atoms with van der Waals surface area (Å²) < 4.78 is 0. The summed E-state index contributed by atoms with van der Waals surface area (Å²) in [4.78, 5) is 0. The van der Waals surface area contributed by atoms with Gasteiger partial charge in [-0.2, -0.15) is 0 Å². The second kappa shape index (κ2) is 5.65. The first-order valence-electron chi connectivity index (χ1n) is 6.67. The Balaban J connectivity index is 2.13. The largest absolute Gasteiger partial charge is 0.395 e. The molecule has 1 aliphatic carbocycles. The van der Waals surface area contributed by atoms with E-state index >= 15 is 0 Å². The molecule has 0 aromatic heterocycles. The predicted molar refractivity (Wildman–Crippen MR) is 71.0 cm³/mol. The van der Waals surface area contributed by atoms with Gasteiger partial charge in [-0.05, 0) is 36.3 Å². The zero-order valence-electron chi connectivity index (χ0n) is 10.8. The highest BCUT2D eigenvalue weighted by Gasteiger charge is 2.23. The van der Waals surface area contributed by atoms with Gasteiger partial charge >= 0.3 is 0 Å². The molecule has 0 heterocycles. The van der Waals surface area contributed by atoms with Gasteiger partial charge in [-0.3, -0.25) is 0 Å². The molecule has 0 saturated carbocycles. The third-order valence-corrected chi connectivity index (χ3v) is 3.79. The van der Waals surface area contributed by atoms with Crippen LogP contribution in [0.4, 0.5) is 0 Å². The fraction of sp³-hybridized carbons (Fsp3) is 0.600.